The van der Waals surface area contributed by atoms with Gasteiger partial charge in [-0.15, -0.1) is 0 Å². The number of benzene rings is 1. The molecule has 0 unspecified atom stereocenters. The van der Waals surface area contributed by atoms with Gasteiger partial charge in [0, 0.05) is 50.2 Å². The lowest BCUT2D eigenvalue weighted by Crippen LogP contribution is -2.44. The van der Waals surface area contributed by atoms with Gasteiger partial charge in [-0.2, -0.15) is 0 Å². The molecule has 1 amide bonds. The van der Waals surface area contributed by atoms with Gasteiger partial charge in [0.2, 0.25) is 0 Å². The highest BCUT2D eigenvalue weighted by atomic mass is 16.2. The second kappa shape index (κ2) is 6.61. The highest BCUT2D eigenvalue weighted by molar-refractivity contribution is 5.97. The van der Waals surface area contributed by atoms with Gasteiger partial charge in [-0.1, -0.05) is 12.1 Å². The van der Waals surface area contributed by atoms with Gasteiger partial charge in [-0.05, 0) is 36.2 Å². The minimum Gasteiger partial charge on any atom is -0.369 e. The third-order valence-electron chi connectivity index (χ3n) is 4.82. The van der Waals surface area contributed by atoms with Crippen molar-refractivity contribution >= 4 is 11.6 Å². The standard InChI is InChI=1S/C19H22N4O/c24-19-18-13-17(22-11-8-20-9-12-22)5-4-15(18)6-10-23(19)14-16-3-1-2-7-21-16/h1-5,7,13,20H,6,8-12,14H2. The predicted octanol–water partition coefficient (Wildman–Crippen LogP) is 1.69. The number of amides is 1. The molecule has 0 saturated carbocycles. The predicted molar refractivity (Wildman–Crippen MR) is 94.2 cm³/mol. The summed E-state index contributed by atoms with van der Waals surface area (Å²) < 4.78 is 0. The van der Waals surface area contributed by atoms with Gasteiger partial charge in [-0.3, -0.25) is 9.78 Å². The molecule has 1 saturated heterocycles. The van der Waals surface area contributed by atoms with Crippen LogP contribution in [0.5, 0.6) is 0 Å². The molecule has 4 rings (SSSR count). The number of anilines is 1. The van der Waals surface area contributed by atoms with Crippen molar-refractivity contribution in [3.05, 3.63) is 59.4 Å². The number of piperazine rings is 1. The average molecular weight is 322 g/mol. The lowest BCUT2D eigenvalue weighted by molar-refractivity contribution is 0.0725. The molecule has 2 aromatic rings. The number of nitrogens with zero attached hydrogens (tertiary/aromatic N) is 3. The number of fused-ring (bicyclic) bond motifs is 1. The minimum absolute atomic E-state index is 0.124. The minimum atomic E-state index is 0.124. The van der Waals surface area contributed by atoms with Gasteiger partial charge in [0.15, 0.2) is 0 Å². The van der Waals surface area contributed by atoms with Crippen LogP contribution in [0.15, 0.2) is 42.6 Å². The fourth-order valence-electron chi connectivity index (χ4n) is 3.47. The Bertz CT molecular complexity index is 725. The van der Waals surface area contributed by atoms with E-state index in [1.807, 2.05) is 23.1 Å². The van der Waals surface area contributed by atoms with Crippen LogP contribution in [0.1, 0.15) is 21.6 Å². The molecule has 0 spiro atoms. The summed E-state index contributed by atoms with van der Waals surface area (Å²) >= 11 is 0. The van der Waals surface area contributed by atoms with Crippen molar-refractivity contribution in [2.75, 3.05) is 37.6 Å². The summed E-state index contributed by atoms with van der Waals surface area (Å²) in [4.78, 5) is 21.5. The van der Waals surface area contributed by atoms with Gasteiger partial charge < -0.3 is 15.1 Å². The van der Waals surface area contributed by atoms with Crippen molar-refractivity contribution in [3.63, 3.8) is 0 Å². The second-order valence-electron chi connectivity index (χ2n) is 6.38. The van der Waals surface area contributed by atoms with Crippen LogP contribution in [0.3, 0.4) is 0 Å². The molecule has 24 heavy (non-hydrogen) atoms. The fourth-order valence-corrected chi connectivity index (χ4v) is 3.47. The fraction of sp³-hybridized carbons (Fsp3) is 0.368. The quantitative estimate of drug-likeness (QED) is 0.934. The number of carbonyl (C=O) groups excluding carboxylic acids is 1. The first-order valence-corrected chi connectivity index (χ1v) is 8.59. The van der Waals surface area contributed by atoms with E-state index in [0.717, 1.165) is 61.7 Å². The van der Waals surface area contributed by atoms with Crippen LogP contribution >= 0.6 is 0 Å². The first-order chi connectivity index (χ1) is 11.8. The molecule has 0 atom stereocenters. The van der Waals surface area contributed by atoms with Crippen molar-refractivity contribution in [2.45, 2.75) is 13.0 Å². The number of aromatic nitrogens is 1. The summed E-state index contributed by atoms with van der Waals surface area (Å²) in [6.07, 6.45) is 2.69. The highest BCUT2D eigenvalue weighted by Gasteiger charge is 2.25. The Balaban J connectivity index is 1.56. The van der Waals surface area contributed by atoms with Crippen LogP contribution in [-0.4, -0.2) is 48.5 Å². The lowest BCUT2D eigenvalue weighted by atomic mass is 9.97. The summed E-state index contributed by atoms with van der Waals surface area (Å²) in [5.41, 5.74) is 4.11. The Labute approximate surface area is 142 Å². The van der Waals surface area contributed by atoms with Crippen molar-refractivity contribution in [1.29, 1.82) is 0 Å². The van der Waals surface area contributed by atoms with Gasteiger partial charge in [-0.25, -0.2) is 0 Å². The Morgan fingerprint density at radius 2 is 1.96 bits per heavy atom. The topological polar surface area (TPSA) is 48.5 Å². The first-order valence-electron chi connectivity index (χ1n) is 8.59. The van der Waals surface area contributed by atoms with E-state index in [-0.39, 0.29) is 5.91 Å². The van der Waals surface area contributed by atoms with E-state index in [4.69, 9.17) is 0 Å². The molecule has 0 bridgehead atoms. The molecule has 2 aliphatic rings. The third kappa shape index (κ3) is 2.99. The van der Waals surface area contributed by atoms with E-state index < -0.39 is 0 Å². The zero-order valence-electron chi connectivity index (χ0n) is 13.7. The molecule has 2 aliphatic heterocycles. The third-order valence-corrected chi connectivity index (χ3v) is 4.82. The zero-order valence-corrected chi connectivity index (χ0v) is 13.7. The Hall–Kier alpha value is -2.40. The molecule has 124 valence electrons. The van der Waals surface area contributed by atoms with E-state index in [1.54, 1.807) is 6.20 Å². The highest BCUT2D eigenvalue weighted by Crippen LogP contribution is 2.25. The summed E-state index contributed by atoms with van der Waals surface area (Å²) in [6.45, 7) is 5.31. The molecule has 3 heterocycles. The van der Waals surface area contributed by atoms with Crippen LogP contribution in [-0.2, 0) is 13.0 Å². The van der Waals surface area contributed by atoms with Crippen LogP contribution in [0.2, 0.25) is 0 Å². The summed E-state index contributed by atoms with van der Waals surface area (Å²) in [6, 6.07) is 12.2. The zero-order chi connectivity index (χ0) is 16.4. The van der Waals surface area contributed by atoms with E-state index in [1.165, 1.54) is 0 Å². The maximum absolute atomic E-state index is 12.9. The number of nitrogens with one attached hydrogen (secondary N) is 1. The number of carbonyl (C=O) groups is 1. The van der Waals surface area contributed by atoms with Crippen molar-refractivity contribution in [3.8, 4) is 0 Å². The SMILES string of the molecule is O=C1c2cc(N3CCNCC3)ccc2CCN1Cc1ccccn1. The maximum Gasteiger partial charge on any atom is 0.254 e. The van der Waals surface area contributed by atoms with Gasteiger partial charge in [0.05, 0.1) is 12.2 Å². The normalized spacial score (nSPS) is 17.8. The van der Waals surface area contributed by atoms with Crippen LogP contribution in [0.4, 0.5) is 5.69 Å². The molecule has 1 N–H and O–H groups in total. The molecular weight excluding hydrogens is 300 g/mol. The van der Waals surface area contributed by atoms with Crippen molar-refractivity contribution in [2.24, 2.45) is 0 Å². The molecule has 0 aliphatic carbocycles. The van der Waals surface area contributed by atoms with E-state index in [2.05, 4.69) is 33.4 Å². The Kier molecular flexibility index (Phi) is 4.17. The number of pyridine rings is 1. The van der Waals surface area contributed by atoms with Gasteiger partial charge in [0.25, 0.3) is 5.91 Å². The monoisotopic (exact) mass is 322 g/mol. The van der Waals surface area contributed by atoms with Gasteiger partial charge >= 0.3 is 0 Å². The van der Waals surface area contributed by atoms with Crippen LogP contribution in [0, 0.1) is 0 Å². The summed E-state index contributed by atoms with van der Waals surface area (Å²) in [5, 5.41) is 3.37. The van der Waals surface area contributed by atoms with Gasteiger partial charge in [0.1, 0.15) is 0 Å². The van der Waals surface area contributed by atoms with Crippen molar-refractivity contribution < 1.29 is 4.79 Å². The average Bonchev–Trinajstić information content (AvgIpc) is 2.65. The molecule has 1 fully saturated rings. The Morgan fingerprint density at radius 3 is 2.75 bits per heavy atom. The van der Waals surface area contributed by atoms with E-state index >= 15 is 0 Å². The van der Waals surface area contributed by atoms with Crippen LogP contribution in [0.25, 0.3) is 0 Å². The largest absolute Gasteiger partial charge is 0.369 e. The number of hydrogen-bond donors (Lipinski definition) is 1. The molecule has 1 aromatic carbocycles. The lowest BCUT2D eigenvalue weighted by Gasteiger charge is -2.32. The summed E-state index contributed by atoms with van der Waals surface area (Å²) in [5.74, 6) is 0.124. The first kappa shape index (κ1) is 15.1. The molecule has 1 aromatic heterocycles. The van der Waals surface area contributed by atoms with E-state index in [9.17, 15) is 4.79 Å². The van der Waals surface area contributed by atoms with Crippen LogP contribution < -0.4 is 10.2 Å². The second-order valence-corrected chi connectivity index (χ2v) is 6.38. The molecule has 5 heteroatoms. The van der Waals surface area contributed by atoms with E-state index in [0.29, 0.717) is 6.54 Å². The number of rotatable bonds is 3. The molecule has 0 radical (unpaired) electrons. The molecular formula is C19H22N4O. The van der Waals surface area contributed by atoms with Crippen molar-refractivity contribution in [1.82, 2.24) is 15.2 Å². The Morgan fingerprint density at radius 1 is 1.08 bits per heavy atom. The number of hydrogen-bond acceptors (Lipinski definition) is 4. The summed E-state index contributed by atoms with van der Waals surface area (Å²) in [7, 11) is 0. The maximum atomic E-state index is 12.9. The smallest absolute Gasteiger partial charge is 0.254 e. The molecule has 5 nitrogen and oxygen atoms in total.